The van der Waals surface area contributed by atoms with Crippen LogP contribution >= 0.6 is 0 Å². The highest BCUT2D eigenvalue weighted by atomic mass is 16.5. The minimum Gasteiger partial charge on any atom is -0.497 e. The number of nitrogens with one attached hydrogen (secondary N) is 1. The molecule has 0 atom stereocenters. The van der Waals surface area contributed by atoms with E-state index in [1.165, 1.54) is 4.90 Å². The standard InChI is InChI=1S/C22H22N6O2/c1-14-3-5-16(6-4-14)12-28-21(24)19(26-22(28)29)18-20(23)27(13-25-18)11-15-7-9-17(30-2)10-8-15/h3-10,13,24H,11-12,23H2,1-2H3. The van der Waals surface area contributed by atoms with E-state index in [2.05, 4.69) is 9.98 Å². The third-order valence-electron chi connectivity index (χ3n) is 5.01. The lowest BCUT2D eigenvalue weighted by molar-refractivity contribution is 0.231. The summed E-state index contributed by atoms with van der Waals surface area (Å²) in [5.74, 6) is 1.14. The van der Waals surface area contributed by atoms with Gasteiger partial charge in [0, 0.05) is 0 Å². The van der Waals surface area contributed by atoms with E-state index < -0.39 is 6.03 Å². The molecule has 8 heteroatoms. The molecule has 2 heterocycles. The fourth-order valence-electron chi connectivity index (χ4n) is 3.25. The van der Waals surface area contributed by atoms with Gasteiger partial charge >= 0.3 is 6.03 Å². The third kappa shape index (κ3) is 3.67. The van der Waals surface area contributed by atoms with Crippen LogP contribution in [-0.4, -0.2) is 39.1 Å². The number of aliphatic imine (C=N–C) groups is 1. The summed E-state index contributed by atoms with van der Waals surface area (Å²) in [4.78, 5) is 22.1. The Hall–Kier alpha value is -3.94. The lowest BCUT2D eigenvalue weighted by Crippen LogP contribution is -2.32. The van der Waals surface area contributed by atoms with Crippen molar-refractivity contribution >= 4 is 23.4 Å². The molecule has 4 rings (SSSR count). The lowest BCUT2D eigenvalue weighted by atomic mass is 10.1. The Morgan fingerprint density at radius 2 is 1.67 bits per heavy atom. The molecule has 0 saturated heterocycles. The molecular formula is C22H22N6O2. The average Bonchev–Trinajstić information content (AvgIpc) is 3.24. The number of nitrogens with two attached hydrogens (primary N) is 1. The molecule has 8 nitrogen and oxygen atoms in total. The minimum absolute atomic E-state index is 0.00183. The number of hydrogen-bond acceptors (Lipinski definition) is 5. The molecule has 3 N–H and O–H groups in total. The van der Waals surface area contributed by atoms with Gasteiger partial charge in [0.05, 0.1) is 26.5 Å². The van der Waals surface area contributed by atoms with Crippen LogP contribution in [0, 0.1) is 12.3 Å². The second-order valence-electron chi connectivity index (χ2n) is 7.12. The van der Waals surface area contributed by atoms with E-state index in [-0.39, 0.29) is 18.1 Å². The predicted molar refractivity (Wildman–Crippen MR) is 115 cm³/mol. The van der Waals surface area contributed by atoms with Crippen LogP contribution in [0.4, 0.5) is 10.6 Å². The molecule has 30 heavy (non-hydrogen) atoms. The van der Waals surface area contributed by atoms with Crippen molar-refractivity contribution in [1.29, 1.82) is 5.41 Å². The minimum atomic E-state index is -0.486. The fourth-order valence-corrected chi connectivity index (χ4v) is 3.25. The van der Waals surface area contributed by atoms with Crippen LogP contribution in [0.2, 0.25) is 0 Å². The van der Waals surface area contributed by atoms with E-state index >= 15 is 0 Å². The maximum Gasteiger partial charge on any atom is 0.350 e. The zero-order chi connectivity index (χ0) is 21.3. The Morgan fingerprint density at radius 3 is 2.33 bits per heavy atom. The number of anilines is 1. The van der Waals surface area contributed by atoms with E-state index in [1.807, 2.05) is 55.5 Å². The molecule has 3 aromatic rings. The van der Waals surface area contributed by atoms with Crippen molar-refractivity contribution < 1.29 is 9.53 Å². The zero-order valence-electron chi connectivity index (χ0n) is 16.8. The van der Waals surface area contributed by atoms with Gasteiger partial charge in [0.2, 0.25) is 0 Å². The molecule has 0 radical (unpaired) electrons. The summed E-state index contributed by atoms with van der Waals surface area (Å²) in [7, 11) is 1.62. The first-order valence-corrected chi connectivity index (χ1v) is 9.45. The quantitative estimate of drug-likeness (QED) is 0.659. The van der Waals surface area contributed by atoms with Crippen molar-refractivity contribution in [3.8, 4) is 5.75 Å². The molecule has 2 aromatic carbocycles. The summed E-state index contributed by atoms with van der Waals surface area (Å²) in [5, 5.41) is 8.45. The number of benzene rings is 2. The number of carbonyl (C=O) groups excluding carboxylic acids is 1. The number of urea groups is 1. The van der Waals surface area contributed by atoms with Gasteiger partial charge in [-0.25, -0.2) is 9.78 Å². The predicted octanol–water partition coefficient (Wildman–Crippen LogP) is 3.23. The zero-order valence-corrected chi connectivity index (χ0v) is 16.8. The Kier molecular flexibility index (Phi) is 5.05. The summed E-state index contributed by atoms with van der Waals surface area (Å²) in [6.07, 6.45) is 1.60. The second-order valence-corrected chi connectivity index (χ2v) is 7.12. The SMILES string of the molecule is COc1ccc(Cn2cnc(C3=NC(=O)N(Cc4ccc(C)cc4)C3=N)c2N)cc1. The first-order valence-electron chi connectivity index (χ1n) is 9.45. The molecular weight excluding hydrogens is 380 g/mol. The molecule has 0 spiro atoms. The van der Waals surface area contributed by atoms with Gasteiger partial charge in [-0.15, -0.1) is 0 Å². The lowest BCUT2D eigenvalue weighted by Gasteiger charge is -2.15. The van der Waals surface area contributed by atoms with Gasteiger partial charge in [-0.05, 0) is 30.2 Å². The molecule has 2 amide bonds. The van der Waals surface area contributed by atoms with Crippen LogP contribution in [0.5, 0.6) is 5.75 Å². The molecule has 1 aliphatic heterocycles. The molecule has 0 saturated carbocycles. The molecule has 0 bridgehead atoms. The first kappa shape index (κ1) is 19.4. The Balaban J connectivity index is 1.52. The second kappa shape index (κ2) is 7.82. The van der Waals surface area contributed by atoms with Gasteiger partial charge in [-0.1, -0.05) is 42.0 Å². The van der Waals surface area contributed by atoms with Gasteiger partial charge in [0.15, 0.2) is 5.84 Å². The monoisotopic (exact) mass is 402 g/mol. The van der Waals surface area contributed by atoms with Crippen molar-refractivity contribution in [2.45, 2.75) is 20.0 Å². The van der Waals surface area contributed by atoms with Crippen molar-refractivity contribution in [2.75, 3.05) is 12.8 Å². The number of ether oxygens (including phenoxy) is 1. The molecule has 0 fully saturated rings. The largest absolute Gasteiger partial charge is 0.497 e. The first-order chi connectivity index (χ1) is 14.5. The third-order valence-corrected chi connectivity index (χ3v) is 5.01. The number of aryl methyl sites for hydroxylation is 1. The Morgan fingerprint density at radius 1 is 1.03 bits per heavy atom. The van der Waals surface area contributed by atoms with Crippen LogP contribution < -0.4 is 10.5 Å². The van der Waals surface area contributed by atoms with E-state index in [0.717, 1.165) is 22.4 Å². The highest BCUT2D eigenvalue weighted by Gasteiger charge is 2.33. The smallest absolute Gasteiger partial charge is 0.350 e. The number of carbonyl (C=O) groups is 1. The summed E-state index contributed by atoms with van der Waals surface area (Å²) in [6.45, 7) is 2.78. The van der Waals surface area contributed by atoms with E-state index in [0.29, 0.717) is 18.1 Å². The highest BCUT2D eigenvalue weighted by Crippen LogP contribution is 2.21. The number of amidine groups is 1. The van der Waals surface area contributed by atoms with Gasteiger partial charge in [0.1, 0.15) is 23.0 Å². The van der Waals surface area contributed by atoms with E-state index in [9.17, 15) is 4.79 Å². The number of imidazole rings is 1. The molecule has 1 aliphatic rings. The van der Waals surface area contributed by atoms with Gasteiger partial charge in [0.25, 0.3) is 0 Å². The number of amides is 2. The number of nitrogens with zero attached hydrogens (tertiary/aromatic N) is 4. The average molecular weight is 402 g/mol. The van der Waals surface area contributed by atoms with Gasteiger partial charge in [-0.3, -0.25) is 10.3 Å². The van der Waals surface area contributed by atoms with E-state index in [1.54, 1.807) is 18.0 Å². The Labute approximate surface area is 174 Å². The van der Waals surface area contributed by atoms with Crippen molar-refractivity contribution in [3.63, 3.8) is 0 Å². The molecule has 1 aromatic heterocycles. The van der Waals surface area contributed by atoms with E-state index in [4.69, 9.17) is 15.9 Å². The molecule has 0 unspecified atom stereocenters. The maximum absolute atomic E-state index is 12.4. The van der Waals surface area contributed by atoms with Crippen LogP contribution in [0.15, 0.2) is 59.9 Å². The number of nitrogen functional groups attached to an aromatic ring is 1. The summed E-state index contributed by atoms with van der Waals surface area (Å²) < 4.78 is 6.94. The van der Waals surface area contributed by atoms with Crippen LogP contribution in [-0.2, 0) is 13.1 Å². The van der Waals surface area contributed by atoms with Gasteiger partial charge in [-0.2, -0.15) is 4.99 Å². The molecule has 0 aliphatic carbocycles. The highest BCUT2D eigenvalue weighted by molar-refractivity contribution is 6.52. The number of aromatic nitrogens is 2. The normalized spacial score (nSPS) is 13.7. The van der Waals surface area contributed by atoms with Crippen LogP contribution in [0.3, 0.4) is 0 Å². The van der Waals surface area contributed by atoms with Crippen molar-refractivity contribution in [1.82, 2.24) is 14.5 Å². The van der Waals surface area contributed by atoms with Crippen LogP contribution in [0.1, 0.15) is 22.4 Å². The Bertz CT molecular complexity index is 1130. The van der Waals surface area contributed by atoms with Gasteiger partial charge < -0.3 is 15.0 Å². The number of rotatable bonds is 6. The summed E-state index contributed by atoms with van der Waals surface area (Å²) in [6, 6.07) is 15.0. The fraction of sp³-hybridized carbons (Fsp3) is 0.182. The van der Waals surface area contributed by atoms with Crippen molar-refractivity contribution in [2.24, 2.45) is 4.99 Å². The van der Waals surface area contributed by atoms with Crippen molar-refractivity contribution in [3.05, 3.63) is 77.2 Å². The molecule has 152 valence electrons. The summed E-state index contributed by atoms with van der Waals surface area (Å²) >= 11 is 0. The number of methoxy groups -OCH3 is 1. The van der Waals surface area contributed by atoms with Crippen LogP contribution in [0.25, 0.3) is 0 Å². The maximum atomic E-state index is 12.4. The summed E-state index contributed by atoms with van der Waals surface area (Å²) in [5.41, 5.74) is 9.89. The number of hydrogen-bond donors (Lipinski definition) is 2. The topological polar surface area (TPSA) is 110 Å².